The largest absolute Gasteiger partial charge is 0.504 e. The maximum Gasteiger partial charge on any atom is 0.178 e. The Bertz CT molecular complexity index is 789. The lowest BCUT2D eigenvalue weighted by Gasteiger charge is -2.21. The molecule has 6 heteroatoms. The molecule has 0 saturated heterocycles. The smallest absolute Gasteiger partial charge is 0.178 e. The van der Waals surface area contributed by atoms with Crippen molar-refractivity contribution in [1.29, 1.82) is 0 Å². The number of phenolic OH excluding ortho intramolecular Hbond substituents is 1. The summed E-state index contributed by atoms with van der Waals surface area (Å²) in [6.07, 6.45) is 1.76. The third kappa shape index (κ3) is 2.55. The van der Waals surface area contributed by atoms with E-state index >= 15 is 0 Å². The number of methoxy groups -OCH3 is 1. The monoisotopic (exact) mass is 285 g/mol. The average Bonchev–Trinajstić information content (AvgIpc) is 2.49. The molecule has 108 valence electrons. The summed E-state index contributed by atoms with van der Waals surface area (Å²) in [5.41, 5.74) is 6.39. The topological polar surface area (TPSA) is 80.3 Å². The van der Waals surface area contributed by atoms with E-state index in [9.17, 15) is 5.11 Å². The number of para-hydroxylation sites is 2. The van der Waals surface area contributed by atoms with Crippen LogP contribution in [0.15, 0.2) is 41.4 Å². The molecular weight excluding hydrogens is 270 g/mol. The Morgan fingerprint density at radius 1 is 1.24 bits per heavy atom. The van der Waals surface area contributed by atoms with Crippen molar-refractivity contribution < 1.29 is 14.7 Å². The number of phenols is 1. The normalized spacial score (nSPS) is 12.9. The van der Waals surface area contributed by atoms with Crippen molar-refractivity contribution in [2.45, 2.75) is 0 Å². The van der Waals surface area contributed by atoms with Crippen molar-refractivity contribution in [2.24, 2.45) is 4.99 Å². The van der Waals surface area contributed by atoms with Crippen molar-refractivity contribution >= 4 is 11.9 Å². The van der Waals surface area contributed by atoms with Gasteiger partial charge in [-0.1, -0.05) is 12.1 Å². The van der Waals surface area contributed by atoms with Crippen LogP contribution in [-0.4, -0.2) is 23.9 Å². The van der Waals surface area contributed by atoms with Gasteiger partial charge in [0.05, 0.1) is 24.4 Å². The molecule has 6 nitrogen and oxygen atoms in total. The molecule has 1 heterocycles. The van der Waals surface area contributed by atoms with Crippen molar-refractivity contribution in [3.8, 4) is 17.2 Å². The highest BCUT2D eigenvalue weighted by molar-refractivity contribution is 5.52. The van der Waals surface area contributed by atoms with Crippen molar-refractivity contribution in [3.05, 3.63) is 47.0 Å². The van der Waals surface area contributed by atoms with Gasteiger partial charge in [-0.15, -0.1) is 0 Å². The number of anilines is 1. The van der Waals surface area contributed by atoms with Crippen LogP contribution in [0.1, 0.15) is 0 Å². The predicted octanol–water partition coefficient (Wildman–Crippen LogP) is 0.608. The maximum absolute atomic E-state index is 9.82. The van der Waals surface area contributed by atoms with Crippen LogP contribution in [0.2, 0.25) is 0 Å². The molecule has 2 aromatic rings. The van der Waals surface area contributed by atoms with Crippen LogP contribution in [0.3, 0.4) is 0 Å². The van der Waals surface area contributed by atoms with Gasteiger partial charge in [0.25, 0.3) is 0 Å². The number of hydrogen-bond acceptors (Lipinski definition) is 6. The first-order valence-corrected chi connectivity index (χ1v) is 6.40. The first-order valence-electron chi connectivity index (χ1n) is 6.40. The molecule has 0 amide bonds. The molecule has 2 aromatic carbocycles. The molecule has 1 aliphatic heterocycles. The van der Waals surface area contributed by atoms with E-state index in [2.05, 4.69) is 4.99 Å². The molecule has 0 radical (unpaired) electrons. The number of ether oxygens (including phenoxy) is 1. The second-order valence-electron chi connectivity index (χ2n) is 4.56. The molecule has 0 bridgehead atoms. The summed E-state index contributed by atoms with van der Waals surface area (Å²) in [7, 11) is 1.50. The van der Waals surface area contributed by atoms with Gasteiger partial charge in [-0.25, -0.2) is 0 Å². The number of hydroxylamine groups is 2. The summed E-state index contributed by atoms with van der Waals surface area (Å²) in [4.78, 5) is 10.1. The first-order chi connectivity index (χ1) is 10.2. The van der Waals surface area contributed by atoms with E-state index in [1.807, 2.05) is 12.1 Å². The zero-order valence-electron chi connectivity index (χ0n) is 11.5. The van der Waals surface area contributed by atoms with Crippen LogP contribution in [0.5, 0.6) is 17.2 Å². The molecule has 21 heavy (non-hydrogen) atoms. The van der Waals surface area contributed by atoms with Crippen LogP contribution >= 0.6 is 0 Å². The molecule has 0 fully saturated rings. The van der Waals surface area contributed by atoms with Gasteiger partial charge >= 0.3 is 0 Å². The Morgan fingerprint density at radius 3 is 2.81 bits per heavy atom. The Kier molecular flexibility index (Phi) is 3.27. The Hall–Kier alpha value is -2.89. The van der Waals surface area contributed by atoms with Gasteiger partial charge in [-0.05, 0) is 18.2 Å². The van der Waals surface area contributed by atoms with Crippen LogP contribution in [0, 0.1) is 0 Å². The summed E-state index contributed by atoms with van der Waals surface area (Å²) < 4.78 is 5.06. The van der Waals surface area contributed by atoms with Crippen molar-refractivity contribution in [1.82, 2.24) is 5.06 Å². The average molecular weight is 285 g/mol. The Labute approximate surface area is 121 Å². The number of fused-ring (bicyclic) bond motifs is 1. The van der Waals surface area contributed by atoms with Gasteiger partial charge in [-0.3, -0.25) is 4.99 Å². The highest BCUT2D eigenvalue weighted by Gasteiger charge is 2.10. The third-order valence-corrected chi connectivity index (χ3v) is 3.13. The highest BCUT2D eigenvalue weighted by atomic mass is 16.7. The summed E-state index contributed by atoms with van der Waals surface area (Å²) >= 11 is 0. The number of nitrogen functional groups attached to an aromatic ring is 1. The van der Waals surface area contributed by atoms with Crippen LogP contribution in [0.25, 0.3) is 6.20 Å². The summed E-state index contributed by atoms with van der Waals surface area (Å²) in [6.45, 7) is 0.329. The van der Waals surface area contributed by atoms with E-state index < -0.39 is 0 Å². The van der Waals surface area contributed by atoms with E-state index in [1.54, 1.807) is 35.5 Å². The van der Waals surface area contributed by atoms with Gasteiger partial charge in [0.2, 0.25) is 0 Å². The van der Waals surface area contributed by atoms with E-state index in [0.717, 1.165) is 10.6 Å². The lowest BCUT2D eigenvalue weighted by atomic mass is 10.2. The molecule has 0 saturated carbocycles. The zero-order chi connectivity index (χ0) is 14.8. The second-order valence-corrected chi connectivity index (χ2v) is 4.56. The minimum atomic E-state index is 0.0591. The molecule has 1 aliphatic rings. The number of nitrogens with two attached hydrogens (primary N) is 1. The number of rotatable bonds is 3. The van der Waals surface area contributed by atoms with Gasteiger partial charge in [-0.2, -0.15) is 5.06 Å². The molecule has 0 aromatic heterocycles. The Balaban J connectivity index is 1.93. The van der Waals surface area contributed by atoms with Crippen LogP contribution in [-0.2, 0) is 0 Å². The third-order valence-electron chi connectivity index (χ3n) is 3.13. The first kappa shape index (κ1) is 13.1. The fourth-order valence-electron chi connectivity index (χ4n) is 2.06. The van der Waals surface area contributed by atoms with Crippen molar-refractivity contribution in [2.75, 3.05) is 19.5 Å². The molecule has 0 spiro atoms. The molecule has 3 N–H and O–H groups in total. The molecule has 0 unspecified atom stereocenters. The fraction of sp³-hybridized carbons (Fsp3) is 0.133. The van der Waals surface area contributed by atoms with E-state index in [4.69, 9.17) is 15.3 Å². The predicted molar refractivity (Wildman–Crippen MR) is 78.1 cm³/mol. The quantitative estimate of drug-likeness (QED) is 0.808. The van der Waals surface area contributed by atoms with Gasteiger partial charge in [0.15, 0.2) is 17.2 Å². The second kappa shape index (κ2) is 5.24. The minimum Gasteiger partial charge on any atom is -0.504 e. The Morgan fingerprint density at radius 2 is 2.05 bits per heavy atom. The van der Waals surface area contributed by atoms with Crippen LogP contribution in [0.4, 0.5) is 5.69 Å². The van der Waals surface area contributed by atoms with E-state index in [-0.39, 0.29) is 5.75 Å². The zero-order valence-corrected chi connectivity index (χ0v) is 11.5. The lowest BCUT2D eigenvalue weighted by molar-refractivity contribution is 0.0143. The molecule has 3 rings (SSSR count). The SMILES string of the molecule is COc1cc2c(cc1O)=CN(Oc1ccccc1N)CN=2. The highest BCUT2D eigenvalue weighted by Crippen LogP contribution is 2.22. The maximum atomic E-state index is 9.82. The van der Waals surface area contributed by atoms with E-state index in [0.29, 0.717) is 23.9 Å². The van der Waals surface area contributed by atoms with Gasteiger partial charge < -0.3 is 20.4 Å². The van der Waals surface area contributed by atoms with Gasteiger partial charge in [0, 0.05) is 11.3 Å². The fourth-order valence-corrected chi connectivity index (χ4v) is 2.06. The van der Waals surface area contributed by atoms with Crippen LogP contribution < -0.4 is 25.9 Å². The molecular formula is C15H15N3O3. The standard InChI is InChI=1S/C15H15N3O3/c1-20-15-7-12-10(6-13(15)19)8-18(9-17-12)21-14-5-3-2-4-11(14)16/h2-8,19H,9,16H2,1H3. The summed E-state index contributed by atoms with van der Waals surface area (Å²) in [6, 6.07) is 10.5. The van der Waals surface area contributed by atoms with Gasteiger partial charge in [0.1, 0.15) is 6.67 Å². The molecule has 0 aliphatic carbocycles. The number of benzene rings is 2. The number of nitrogens with zero attached hydrogens (tertiary/aromatic N) is 2. The summed E-state index contributed by atoms with van der Waals surface area (Å²) in [5.74, 6) is 1.02. The van der Waals surface area contributed by atoms with E-state index in [1.165, 1.54) is 7.11 Å². The van der Waals surface area contributed by atoms with Crippen molar-refractivity contribution in [3.63, 3.8) is 0 Å². The minimum absolute atomic E-state index is 0.0591. The number of aromatic hydroxyl groups is 1. The number of hydrogen-bond donors (Lipinski definition) is 2. The lowest BCUT2D eigenvalue weighted by Crippen LogP contribution is -2.37. The molecule has 0 atom stereocenters. The summed E-state index contributed by atoms with van der Waals surface area (Å²) in [5, 5.41) is 12.9.